The first-order valence-corrected chi connectivity index (χ1v) is 10.6. The van der Waals surface area contributed by atoms with Crippen LogP contribution < -0.4 is 5.73 Å². The second-order valence-electron chi connectivity index (χ2n) is 4.45. The lowest BCUT2D eigenvalue weighted by Crippen LogP contribution is -2.29. The van der Waals surface area contributed by atoms with E-state index < -0.39 is 22.0 Å². The van der Waals surface area contributed by atoms with Crippen LogP contribution in [0.25, 0.3) is 0 Å². The van der Waals surface area contributed by atoms with Gasteiger partial charge in [0.1, 0.15) is 13.2 Å². The van der Waals surface area contributed by atoms with Crippen LogP contribution in [-0.4, -0.2) is 59.0 Å². The molecule has 1 atom stereocenters. The molecule has 0 amide bonds. The van der Waals surface area contributed by atoms with Gasteiger partial charge < -0.3 is 19.9 Å². The topological polar surface area (TPSA) is 105 Å². The number of nitrogens with two attached hydrogens (primary N) is 1. The molecule has 0 radical (unpaired) electrons. The van der Waals surface area contributed by atoms with E-state index in [1.807, 2.05) is 13.8 Å². The molecule has 1 unspecified atom stereocenters. The molecule has 2 N–H and O–H groups in total. The predicted octanol–water partition coefficient (Wildman–Crippen LogP) is 3.74. The van der Waals surface area contributed by atoms with Crippen LogP contribution >= 0.6 is 35.3 Å². The minimum atomic E-state index is -0.824. The SMILES string of the molecule is CCCSC(=O)OCC(COC(=O)SCCN)OC(=O)SCCC. The highest BCUT2D eigenvalue weighted by molar-refractivity contribution is 8.13. The van der Waals surface area contributed by atoms with Crippen LogP contribution in [0.1, 0.15) is 26.7 Å². The fraction of sp³-hybridized carbons (Fsp3) is 0.786. The molecule has 0 aliphatic carbocycles. The average molecular weight is 400 g/mol. The Labute approximate surface area is 155 Å². The van der Waals surface area contributed by atoms with E-state index in [4.69, 9.17) is 19.9 Å². The third-order valence-electron chi connectivity index (χ3n) is 2.22. The summed E-state index contributed by atoms with van der Waals surface area (Å²) >= 11 is 3.03. The molecule has 0 bridgehead atoms. The van der Waals surface area contributed by atoms with E-state index in [0.717, 1.165) is 48.1 Å². The van der Waals surface area contributed by atoms with Gasteiger partial charge >= 0.3 is 15.9 Å². The highest BCUT2D eigenvalue weighted by atomic mass is 32.2. The fourth-order valence-electron chi connectivity index (χ4n) is 1.20. The lowest BCUT2D eigenvalue weighted by atomic mass is 10.4. The van der Waals surface area contributed by atoms with Crippen molar-refractivity contribution in [3.05, 3.63) is 0 Å². The summed E-state index contributed by atoms with van der Waals surface area (Å²) in [5.74, 6) is 1.72. The van der Waals surface area contributed by atoms with Gasteiger partial charge in [-0.15, -0.1) is 0 Å². The first-order valence-electron chi connectivity index (χ1n) is 7.66. The first-order chi connectivity index (χ1) is 11.5. The Morgan fingerprint density at radius 1 is 0.833 bits per heavy atom. The van der Waals surface area contributed by atoms with Gasteiger partial charge in [0.15, 0.2) is 6.10 Å². The zero-order valence-electron chi connectivity index (χ0n) is 14.0. The highest BCUT2D eigenvalue weighted by Gasteiger charge is 2.20. The Morgan fingerprint density at radius 3 is 1.75 bits per heavy atom. The molecular formula is C14H25NO6S3. The largest absolute Gasteiger partial charge is 0.453 e. The second-order valence-corrected chi connectivity index (χ2v) is 7.54. The van der Waals surface area contributed by atoms with Crippen molar-refractivity contribution in [3.63, 3.8) is 0 Å². The third-order valence-corrected chi connectivity index (χ3v) is 4.93. The lowest BCUT2D eigenvalue weighted by Gasteiger charge is -2.17. The zero-order chi connectivity index (χ0) is 18.2. The molecule has 0 aromatic heterocycles. The first kappa shape index (κ1) is 23.4. The maximum atomic E-state index is 11.7. The normalized spacial score (nSPS) is 11.6. The van der Waals surface area contributed by atoms with Crippen LogP contribution in [0, 0.1) is 0 Å². The summed E-state index contributed by atoms with van der Waals surface area (Å²) in [5.41, 5.74) is 5.31. The molecular weight excluding hydrogens is 374 g/mol. The van der Waals surface area contributed by atoms with Crippen LogP contribution in [0.3, 0.4) is 0 Å². The smallest absolute Gasteiger partial charge is 0.367 e. The van der Waals surface area contributed by atoms with Gasteiger partial charge in [-0.25, -0.2) is 14.4 Å². The summed E-state index contributed by atoms with van der Waals surface area (Å²) in [6.45, 7) is 3.94. The molecule has 0 aliphatic rings. The Kier molecular flexibility index (Phi) is 15.5. The quantitative estimate of drug-likeness (QED) is 0.408. The van der Waals surface area contributed by atoms with Crippen molar-refractivity contribution in [1.29, 1.82) is 0 Å². The predicted molar refractivity (Wildman–Crippen MR) is 100.0 cm³/mol. The summed E-state index contributed by atoms with van der Waals surface area (Å²) in [6, 6.07) is 0. The van der Waals surface area contributed by atoms with E-state index in [2.05, 4.69) is 0 Å². The van der Waals surface area contributed by atoms with Gasteiger partial charge in [-0.3, -0.25) is 0 Å². The van der Waals surface area contributed by atoms with Gasteiger partial charge in [0.2, 0.25) is 0 Å². The molecule has 0 rings (SSSR count). The van der Waals surface area contributed by atoms with E-state index in [-0.39, 0.29) is 13.2 Å². The molecule has 140 valence electrons. The van der Waals surface area contributed by atoms with E-state index in [0.29, 0.717) is 23.8 Å². The van der Waals surface area contributed by atoms with Crippen LogP contribution in [0.5, 0.6) is 0 Å². The van der Waals surface area contributed by atoms with Crippen molar-refractivity contribution in [1.82, 2.24) is 0 Å². The number of carbonyl (C=O) groups is 3. The molecule has 0 spiro atoms. The lowest BCUT2D eigenvalue weighted by molar-refractivity contribution is 0.0277. The Balaban J connectivity index is 4.34. The fourth-order valence-corrected chi connectivity index (χ4v) is 2.74. The van der Waals surface area contributed by atoms with E-state index >= 15 is 0 Å². The monoisotopic (exact) mass is 399 g/mol. The minimum Gasteiger partial charge on any atom is -0.453 e. The maximum Gasteiger partial charge on any atom is 0.367 e. The van der Waals surface area contributed by atoms with Gasteiger partial charge in [0, 0.05) is 23.8 Å². The van der Waals surface area contributed by atoms with Crippen molar-refractivity contribution in [2.75, 3.05) is 37.0 Å². The van der Waals surface area contributed by atoms with Crippen LogP contribution in [0.4, 0.5) is 14.4 Å². The summed E-state index contributed by atoms with van der Waals surface area (Å²) in [6.07, 6.45) is 0.857. The molecule has 0 fully saturated rings. The van der Waals surface area contributed by atoms with Crippen molar-refractivity contribution < 1.29 is 28.6 Å². The van der Waals surface area contributed by atoms with Crippen molar-refractivity contribution in [2.45, 2.75) is 32.8 Å². The molecule has 24 heavy (non-hydrogen) atoms. The third kappa shape index (κ3) is 13.8. The summed E-state index contributed by atoms with van der Waals surface area (Å²) in [4.78, 5) is 34.7. The number of ether oxygens (including phenoxy) is 3. The van der Waals surface area contributed by atoms with Crippen LogP contribution in [0.15, 0.2) is 0 Å². The van der Waals surface area contributed by atoms with Crippen LogP contribution in [0.2, 0.25) is 0 Å². The molecule has 0 aromatic carbocycles. The molecule has 0 aromatic rings. The van der Waals surface area contributed by atoms with E-state index in [9.17, 15) is 14.4 Å². The molecule has 0 heterocycles. The van der Waals surface area contributed by atoms with Crippen molar-refractivity contribution in [2.24, 2.45) is 5.73 Å². The average Bonchev–Trinajstić information content (AvgIpc) is 2.58. The molecule has 0 saturated heterocycles. The number of carbonyl (C=O) groups excluding carboxylic acids is 3. The highest BCUT2D eigenvalue weighted by Crippen LogP contribution is 2.13. The summed E-state index contributed by atoms with van der Waals surface area (Å²) in [5, 5.41) is -1.43. The van der Waals surface area contributed by atoms with Crippen LogP contribution in [-0.2, 0) is 14.2 Å². The Bertz CT molecular complexity index is 360. The van der Waals surface area contributed by atoms with E-state index in [1.54, 1.807) is 0 Å². The van der Waals surface area contributed by atoms with Gasteiger partial charge in [0.25, 0.3) is 0 Å². The zero-order valence-corrected chi connectivity index (χ0v) is 16.4. The van der Waals surface area contributed by atoms with Gasteiger partial charge in [-0.1, -0.05) is 13.8 Å². The Morgan fingerprint density at radius 2 is 1.29 bits per heavy atom. The molecule has 10 heteroatoms. The van der Waals surface area contributed by atoms with Gasteiger partial charge in [-0.2, -0.15) is 0 Å². The minimum absolute atomic E-state index is 0.150. The summed E-state index contributed by atoms with van der Waals surface area (Å²) in [7, 11) is 0. The van der Waals surface area contributed by atoms with Crippen molar-refractivity contribution in [3.8, 4) is 0 Å². The number of thioether (sulfide) groups is 3. The van der Waals surface area contributed by atoms with Gasteiger partial charge in [-0.05, 0) is 48.1 Å². The molecule has 7 nitrogen and oxygen atoms in total. The van der Waals surface area contributed by atoms with E-state index in [1.165, 1.54) is 0 Å². The van der Waals surface area contributed by atoms with Gasteiger partial charge in [0.05, 0.1) is 0 Å². The maximum absolute atomic E-state index is 11.7. The standard InChI is InChI=1S/C14H25NO6S3/c1-3-6-22-12(16)19-9-11(21-14(18)23-7-4-2)10-20-13(17)24-8-5-15/h11H,3-10,15H2,1-2H3. The number of hydrogen-bond donors (Lipinski definition) is 1. The van der Waals surface area contributed by atoms with Crippen molar-refractivity contribution >= 4 is 51.2 Å². The second kappa shape index (κ2) is 15.9. The molecule has 0 saturated carbocycles. The number of hydrogen-bond acceptors (Lipinski definition) is 10. The number of rotatable bonds is 11. The summed E-state index contributed by atoms with van der Waals surface area (Å²) < 4.78 is 15.2. The Hall–Kier alpha value is -0.580. The molecule has 0 aliphatic heterocycles.